The average molecular weight is 398 g/mol. The van der Waals surface area contributed by atoms with Crippen LogP contribution in [0, 0.1) is 6.92 Å². The standard InChI is InChI=1S/C24H22N4O2/c1-16-6-5-9-18(10-16)21-12-22-25-20(13-24(30)28(22)26-21)19-11-23(29)27(15-19)14-17-7-3-2-4-8-17/h2-10,12-13,19,26H,11,14-15H2,1H3/t19-/m1/s1. The van der Waals surface area contributed by atoms with Gasteiger partial charge in [0, 0.05) is 37.6 Å². The summed E-state index contributed by atoms with van der Waals surface area (Å²) >= 11 is 0. The fraction of sp³-hybridized carbons (Fsp3) is 0.208. The number of carbonyl (C=O) groups excluding carboxylic acids is 1. The minimum absolute atomic E-state index is 0.0729. The number of nitrogens with one attached hydrogen (secondary N) is 1. The number of fused-ring (bicyclic) bond motifs is 1. The van der Waals surface area contributed by atoms with Gasteiger partial charge in [0.2, 0.25) is 5.91 Å². The van der Waals surface area contributed by atoms with Crippen molar-refractivity contribution in [3.8, 4) is 11.3 Å². The van der Waals surface area contributed by atoms with Crippen LogP contribution in [0.2, 0.25) is 0 Å². The summed E-state index contributed by atoms with van der Waals surface area (Å²) in [4.78, 5) is 31.8. The molecule has 4 aromatic rings. The Bertz CT molecular complexity index is 1290. The van der Waals surface area contributed by atoms with Crippen LogP contribution in [0.1, 0.15) is 29.2 Å². The number of benzene rings is 2. The second-order valence-electron chi connectivity index (χ2n) is 7.91. The molecule has 1 atom stereocenters. The minimum atomic E-state index is -0.164. The number of hydrogen-bond acceptors (Lipinski definition) is 3. The van der Waals surface area contributed by atoms with Crippen LogP contribution in [-0.4, -0.2) is 31.9 Å². The third-order valence-electron chi connectivity index (χ3n) is 5.65. The summed E-state index contributed by atoms with van der Waals surface area (Å²) in [5.74, 6) is 0.0246. The highest BCUT2D eigenvalue weighted by molar-refractivity contribution is 5.79. The first-order chi connectivity index (χ1) is 14.6. The van der Waals surface area contributed by atoms with Crippen molar-refractivity contribution in [3.63, 3.8) is 0 Å². The van der Waals surface area contributed by atoms with Gasteiger partial charge in [-0.05, 0) is 24.1 Å². The van der Waals surface area contributed by atoms with Crippen LogP contribution in [0.3, 0.4) is 0 Å². The molecule has 0 spiro atoms. The zero-order valence-corrected chi connectivity index (χ0v) is 16.7. The number of aryl methyl sites for hydroxylation is 1. The molecule has 6 heteroatoms. The predicted octanol–water partition coefficient (Wildman–Crippen LogP) is 3.51. The average Bonchev–Trinajstić information content (AvgIpc) is 3.33. The Labute approximate surface area is 173 Å². The Kier molecular flexibility index (Phi) is 4.47. The van der Waals surface area contributed by atoms with Gasteiger partial charge in [-0.15, -0.1) is 0 Å². The molecule has 1 amide bonds. The normalized spacial score (nSPS) is 16.5. The lowest BCUT2D eigenvalue weighted by molar-refractivity contribution is -0.128. The third-order valence-corrected chi connectivity index (χ3v) is 5.65. The Morgan fingerprint density at radius 2 is 1.87 bits per heavy atom. The summed E-state index contributed by atoms with van der Waals surface area (Å²) in [6.07, 6.45) is 0.380. The first-order valence-corrected chi connectivity index (χ1v) is 10.1. The first kappa shape index (κ1) is 18.4. The summed E-state index contributed by atoms with van der Waals surface area (Å²) in [5.41, 5.74) is 5.18. The number of aromatic amines is 1. The molecule has 1 saturated heterocycles. The molecule has 3 heterocycles. The Morgan fingerprint density at radius 1 is 1.03 bits per heavy atom. The molecule has 2 aromatic heterocycles. The van der Waals surface area contributed by atoms with E-state index in [1.54, 1.807) is 6.07 Å². The maximum atomic E-state index is 12.7. The van der Waals surface area contributed by atoms with E-state index in [-0.39, 0.29) is 17.4 Å². The number of nitrogens with zero attached hydrogens (tertiary/aromatic N) is 3. The molecule has 1 aliphatic heterocycles. The van der Waals surface area contributed by atoms with E-state index in [4.69, 9.17) is 4.98 Å². The number of amides is 1. The van der Waals surface area contributed by atoms with Gasteiger partial charge in [-0.2, -0.15) is 0 Å². The zero-order valence-electron chi connectivity index (χ0n) is 16.7. The van der Waals surface area contributed by atoms with Gasteiger partial charge in [-0.25, -0.2) is 9.50 Å². The SMILES string of the molecule is Cc1cccc(-c2cc3nc([C@@H]4CC(=O)N(Cc5ccccc5)C4)cc(=O)n3[nH]2)c1. The van der Waals surface area contributed by atoms with Crippen LogP contribution < -0.4 is 5.56 Å². The quantitative estimate of drug-likeness (QED) is 0.572. The summed E-state index contributed by atoms with van der Waals surface area (Å²) in [6, 6.07) is 21.5. The van der Waals surface area contributed by atoms with E-state index in [0.29, 0.717) is 30.9 Å². The van der Waals surface area contributed by atoms with E-state index in [2.05, 4.69) is 11.2 Å². The van der Waals surface area contributed by atoms with E-state index in [9.17, 15) is 9.59 Å². The van der Waals surface area contributed by atoms with Gasteiger partial charge >= 0.3 is 0 Å². The van der Waals surface area contributed by atoms with Gasteiger partial charge in [0.05, 0.1) is 11.4 Å². The van der Waals surface area contributed by atoms with E-state index in [1.807, 2.05) is 66.4 Å². The van der Waals surface area contributed by atoms with Crippen LogP contribution in [0.5, 0.6) is 0 Å². The molecule has 1 N–H and O–H groups in total. The zero-order chi connectivity index (χ0) is 20.7. The van der Waals surface area contributed by atoms with Crippen molar-refractivity contribution >= 4 is 11.6 Å². The molecule has 0 bridgehead atoms. The largest absolute Gasteiger partial charge is 0.338 e. The molecule has 0 unspecified atom stereocenters. The molecule has 0 radical (unpaired) electrons. The van der Waals surface area contributed by atoms with Crippen molar-refractivity contribution in [3.05, 3.63) is 93.9 Å². The van der Waals surface area contributed by atoms with Gasteiger partial charge in [0.25, 0.3) is 5.56 Å². The summed E-state index contributed by atoms with van der Waals surface area (Å²) in [7, 11) is 0. The van der Waals surface area contributed by atoms with Crippen molar-refractivity contribution in [1.29, 1.82) is 0 Å². The lowest BCUT2D eigenvalue weighted by atomic mass is 10.0. The van der Waals surface area contributed by atoms with Crippen molar-refractivity contribution in [1.82, 2.24) is 19.5 Å². The second-order valence-corrected chi connectivity index (χ2v) is 7.91. The number of H-pyrrole nitrogens is 1. The van der Waals surface area contributed by atoms with Crippen molar-refractivity contribution in [2.75, 3.05) is 6.54 Å². The number of carbonyl (C=O) groups is 1. The summed E-state index contributed by atoms with van der Waals surface area (Å²) in [5, 5.41) is 3.14. The number of hydrogen-bond donors (Lipinski definition) is 1. The van der Waals surface area contributed by atoms with Crippen molar-refractivity contribution in [2.45, 2.75) is 25.8 Å². The molecule has 0 saturated carbocycles. The Balaban J connectivity index is 1.44. The summed E-state index contributed by atoms with van der Waals surface area (Å²) < 4.78 is 1.46. The monoisotopic (exact) mass is 398 g/mol. The topological polar surface area (TPSA) is 70.5 Å². The van der Waals surface area contributed by atoms with Gasteiger partial charge in [-0.1, -0.05) is 54.1 Å². The number of rotatable bonds is 4. The first-order valence-electron chi connectivity index (χ1n) is 10.1. The van der Waals surface area contributed by atoms with E-state index in [1.165, 1.54) is 4.52 Å². The van der Waals surface area contributed by atoms with Gasteiger partial charge < -0.3 is 4.90 Å². The highest BCUT2D eigenvalue weighted by Gasteiger charge is 2.32. The highest BCUT2D eigenvalue weighted by Crippen LogP contribution is 2.28. The third kappa shape index (κ3) is 3.41. The van der Waals surface area contributed by atoms with Gasteiger partial charge in [0.1, 0.15) is 0 Å². The maximum absolute atomic E-state index is 12.7. The van der Waals surface area contributed by atoms with Crippen LogP contribution in [-0.2, 0) is 11.3 Å². The molecular formula is C24H22N4O2. The number of aromatic nitrogens is 3. The molecule has 30 heavy (non-hydrogen) atoms. The van der Waals surface area contributed by atoms with Crippen molar-refractivity contribution < 1.29 is 4.79 Å². The lowest BCUT2D eigenvalue weighted by Crippen LogP contribution is -2.24. The maximum Gasteiger partial charge on any atom is 0.272 e. The van der Waals surface area contributed by atoms with E-state index >= 15 is 0 Å². The Morgan fingerprint density at radius 3 is 2.67 bits per heavy atom. The van der Waals surface area contributed by atoms with E-state index < -0.39 is 0 Å². The highest BCUT2D eigenvalue weighted by atomic mass is 16.2. The molecule has 0 aliphatic carbocycles. The lowest BCUT2D eigenvalue weighted by Gasteiger charge is -2.16. The summed E-state index contributed by atoms with van der Waals surface area (Å²) in [6.45, 7) is 3.19. The molecular weight excluding hydrogens is 376 g/mol. The van der Waals surface area contributed by atoms with E-state index in [0.717, 1.165) is 22.4 Å². The minimum Gasteiger partial charge on any atom is -0.338 e. The molecule has 150 valence electrons. The van der Waals surface area contributed by atoms with Gasteiger partial charge in [0.15, 0.2) is 5.65 Å². The molecule has 1 fully saturated rings. The second kappa shape index (κ2) is 7.30. The fourth-order valence-corrected chi connectivity index (χ4v) is 4.11. The number of likely N-dealkylation sites (tertiary alicyclic amines) is 1. The van der Waals surface area contributed by atoms with Crippen LogP contribution >= 0.6 is 0 Å². The Hall–Kier alpha value is -3.67. The van der Waals surface area contributed by atoms with Crippen LogP contribution in [0.25, 0.3) is 16.9 Å². The van der Waals surface area contributed by atoms with Crippen molar-refractivity contribution in [2.24, 2.45) is 0 Å². The van der Waals surface area contributed by atoms with Gasteiger partial charge in [-0.3, -0.25) is 14.7 Å². The molecule has 5 rings (SSSR count). The fourth-order valence-electron chi connectivity index (χ4n) is 4.11. The molecule has 6 nitrogen and oxygen atoms in total. The van der Waals surface area contributed by atoms with Crippen LogP contribution in [0.15, 0.2) is 71.5 Å². The molecule has 2 aromatic carbocycles. The molecule has 1 aliphatic rings. The smallest absolute Gasteiger partial charge is 0.272 e. The predicted molar refractivity (Wildman–Crippen MR) is 115 cm³/mol. The van der Waals surface area contributed by atoms with Crippen LogP contribution in [0.4, 0.5) is 0 Å².